The predicted octanol–water partition coefficient (Wildman–Crippen LogP) is 3.60. The molecule has 0 aliphatic carbocycles. The Morgan fingerprint density at radius 1 is 1.19 bits per heavy atom. The largest absolute Gasteiger partial charge is 0.465 e. The lowest BCUT2D eigenvalue weighted by atomic mass is 10.0. The molecule has 106 valence electrons. The van der Waals surface area contributed by atoms with E-state index in [0.29, 0.717) is 5.56 Å². The minimum absolute atomic E-state index is 0.0374. The van der Waals surface area contributed by atoms with Crippen molar-refractivity contribution in [2.24, 2.45) is 0 Å². The molecule has 3 N–H and O–H groups in total. The lowest BCUT2D eigenvalue weighted by Gasteiger charge is -2.06. The van der Waals surface area contributed by atoms with Gasteiger partial charge in [0.2, 0.25) is 0 Å². The van der Waals surface area contributed by atoms with Crippen LogP contribution < -0.4 is 5.32 Å². The van der Waals surface area contributed by atoms with E-state index in [0.717, 1.165) is 0 Å². The Bertz CT molecular complexity index is 831. The molecule has 0 fully saturated rings. The van der Waals surface area contributed by atoms with Crippen LogP contribution in [0.4, 0.5) is 19.4 Å². The maximum atomic E-state index is 14.1. The quantitative estimate of drug-likeness (QED) is 0.674. The van der Waals surface area contributed by atoms with Crippen LogP contribution in [0.2, 0.25) is 0 Å². The van der Waals surface area contributed by atoms with Gasteiger partial charge in [0.05, 0.1) is 0 Å². The standard InChI is InChI=1S/C14H9F2N3O2/c15-10-8(7-4-2-1-3-5-7)6-9-12(11(10)16)18-19-13(9)17-14(20)21/h1-6H,(H,20,21)(H2,17,18,19). The number of benzene rings is 2. The van der Waals surface area contributed by atoms with Crippen LogP contribution in [0.1, 0.15) is 0 Å². The predicted molar refractivity (Wildman–Crippen MR) is 73.1 cm³/mol. The highest BCUT2D eigenvalue weighted by Gasteiger charge is 2.19. The number of fused-ring (bicyclic) bond motifs is 1. The van der Waals surface area contributed by atoms with Crippen LogP contribution in [0.25, 0.3) is 22.0 Å². The van der Waals surface area contributed by atoms with E-state index in [1.54, 1.807) is 30.3 Å². The van der Waals surface area contributed by atoms with Gasteiger partial charge in [-0.3, -0.25) is 10.4 Å². The van der Waals surface area contributed by atoms with Crippen LogP contribution in [0, 0.1) is 11.6 Å². The van der Waals surface area contributed by atoms with Crippen molar-refractivity contribution >= 4 is 22.8 Å². The highest BCUT2D eigenvalue weighted by Crippen LogP contribution is 2.32. The number of carbonyl (C=O) groups is 1. The number of amides is 1. The molecule has 0 saturated heterocycles. The molecule has 0 aliphatic heterocycles. The molecule has 0 atom stereocenters. The minimum Gasteiger partial charge on any atom is -0.465 e. The minimum atomic E-state index is -1.34. The molecule has 3 rings (SSSR count). The molecule has 0 spiro atoms. The fraction of sp³-hybridized carbons (Fsp3) is 0. The van der Waals surface area contributed by atoms with Gasteiger partial charge < -0.3 is 5.11 Å². The molecule has 0 aliphatic rings. The molecule has 0 radical (unpaired) electrons. The summed E-state index contributed by atoms with van der Waals surface area (Å²) >= 11 is 0. The van der Waals surface area contributed by atoms with Gasteiger partial charge in [-0.05, 0) is 11.6 Å². The first-order chi connectivity index (χ1) is 10.1. The molecular formula is C14H9F2N3O2. The third-order valence-corrected chi connectivity index (χ3v) is 3.05. The molecule has 1 heterocycles. The average molecular weight is 289 g/mol. The van der Waals surface area contributed by atoms with E-state index in [2.05, 4.69) is 10.2 Å². The van der Waals surface area contributed by atoms with E-state index in [-0.39, 0.29) is 22.3 Å². The summed E-state index contributed by atoms with van der Waals surface area (Å²) in [6, 6.07) is 9.77. The fourth-order valence-electron chi connectivity index (χ4n) is 2.12. The number of H-pyrrole nitrogens is 1. The van der Waals surface area contributed by atoms with Crippen LogP contribution in [-0.2, 0) is 0 Å². The van der Waals surface area contributed by atoms with E-state index in [9.17, 15) is 13.6 Å². The first kappa shape index (κ1) is 13.0. The monoisotopic (exact) mass is 289 g/mol. The Hall–Kier alpha value is -2.96. The van der Waals surface area contributed by atoms with Gasteiger partial charge in [0.15, 0.2) is 17.5 Å². The van der Waals surface area contributed by atoms with Crippen molar-refractivity contribution in [1.29, 1.82) is 0 Å². The number of hydrogen-bond acceptors (Lipinski definition) is 2. The molecule has 0 unspecified atom stereocenters. The Labute approximate surface area is 117 Å². The number of nitrogens with zero attached hydrogens (tertiary/aromatic N) is 1. The second-order valence-electron chi connectivity index (χ2n) is 4.34. The molecule has 7 heteroatoms. The smallest absolute Gasteiger partial charge is 0.410 e. The molecule has 1 amide bonds. The molecule has 0 bridgehead atoms. The number of carboxylic acid groups (broad SMARTS) is 1. The maximum Gasteiger partial charge on any atom is 0.410 e. The van der Waals surface area contributed by atoms with Crippen molar-refractivity contribution in [3.8, 4) is 11.1 Å². The zero-order valence-corrected chi connectivity index (χ0v) is 10.5. The lowest BCUT2D eigenvalue weighted by Crippen LogP contribution is -2.07. The first-order valence-corrected chi connectivity index (χ1v) is 5.99. The van der Waals surface area contributed by atoms with Crippen molar-refractivity contribution in [2.45, 2.75) is 0 Å². The molecule has 0 saturated carbocycles. The lowest BCUT2D eigenvalue weighted by molar-refractivity contribution is 0.209. The fourth-order valence-corrected chi connectivity index (χ4v) is 2.12. The Balaban J connectivity index is 2.26. The second kappa shape index (κ2) is 4.86. The van der Waals surface area contributed by atoms with Crippen molar-refractivity contribution < 1.29 is 18.7 Å². The zero-order chi connectivity index (χ0) is 15.0. The third kappa shape index (κ3) is 2.18. The Morgan fingerprint density at radius 2 is 1.90 bits per heavy atom. The number of aromatic nitrogens is 2. The summed E-state index contributed by atoms with van der Waals surface area (Å²) in [5.41, 5.74) is 0.338. The van der Waals surface area contributed by atoms with Gasteiger partial charge in [0.25, 0.3) is 0 Å². The van der Waals surface area contributed by atoms with Gasteiger partial charge in [0.1, 0.15) is 5.52 Å². The normalized spacial score (nSPS) is 10.8. The van der Waals surface area contributed by atoms with E-state index in [4.69, 9.17) is 5.11 Å². The number of halogens is 2. The van der Waals surface area contributed by atoms with Gasteiger partial charge in [-0.1, -0.05) is 30.3 Å². The van der Waals surface area contributed by atoms with Crippen LogP contribution in [0.3, 0.4) is 0 Å². The second-order valence-corrected chi connectivity index (χ2v) is 4.34. The average Bonchev–Trinajstić information content (AvgIpc) is 2.86. The van der Waals surface area contributed by atoms with Crippen LogP contribution >= 0.6 is 0 Å². The number of aromatic amines is 1. The highest BCUT2D eigenvalue weighted by molar-refractivity contribution is 5.98. The molecule has 1 aromatic heterocycles. The molecule has 5 nitrogen and oxygen atoms in total. The van der Waals surface area contributed by atoms with Gasteiger partial charge in [-0.25, -0.2) is 13.6 Å². The summed E-state index contributed by atoms with van der Waals surface area (Å²) in [5.74, 6) is -2.19. The van der Waals surface area contributed by atoms with Crippen molar-refractivity contribution in [3.63, 3.8) is 0 Å². The molecule has 21 heavy (non-hydrogen) atoms. The zero-order valence-electron chi connectivity index (χ0n) is 10.5. The van der Waals surface area contributed by atoms with Crippen LogP contribution in [-0.4, -0.2) is 21.4 Å². The number of anilines is 1. The first-order valence-electron chi connectivity index (χ1n) is 5.99. The summed E-state index contributed by atoms with van der Waals surface area (Å²) in [4.78, 5) is 10.7. The number of hydrogen-bond donors (Lipinski definition) is 3. The SMILES string of the molecule is O=C(O)Nc1n[nH]c2c(F)c(F)c(-c3ccccc3)cc12. The summed E-state index contributed by atoms with van der Waals surface area (Å²) in [7, 11) is 0. The topological polar surface area (TPSA) is 78.0 Å². The summed E-state index contributed by atoms with van der Waals surface area (Å²) in [6.07, 6.45) is -1.34. The Kier molecular flexibility index (Phi) is 3.02. The molecule has 2 aromatic carbocycles. The van der Waals surface area contributed by atoms with E-state index >= 15 is 0 Å². The maximum absolute atomic E-state index is 14.1. The number of nitrogens with one attached hydrogen (secondary N) is 2. The van der Waals surface area contributed by atoms with Gasteiger partial charge in [-0.15, -0.1) is 0 Å². The summed E-state index contributed by atoms with van der Waals surface area (Å²) in [6.45, 7) is 0. The summed E-state index contributed by atoms with van der Waals surface area (Å²) in [5, 5.41) is 16.9. The molecular weight excluding hydrogens is 280 g/mol. The molecule has 3 aromatic rings. The van der Waals surface area contributed by atoms with Gasteiger partial charge >= 0.3 is 6.09 Å². The van der Waals surface area contributed by atoms with Gasteiger partial charge in [-0.2, -0.15) is 5.10 Å². The van der Waals surface area contributed by atoms with E-state index in [1.165, 1.54) is 6.07 Å². The number of rotatable bonds is 2. The third-order valence-electron chi connectivity index (χ3n) is 3.05. The Morgan fingerprint density at radius 3 is 2.57 bits per heavy atom. The highest BCUT2D eigenvalue weighted by atomic mass is 19.2. The van der Waals surface area contributed by atoms with E-state index in [1.807, 2.05) is 5.32 Å². The van der Waals surface area contributed by atoms with Gasteiger partial charge in [0, 0.05) is 10.9 Å². The van der Waals surface area contributed by atoms with Crippen molar-refractivity contribution in [1.82, 2.24) is 10.2 Å². The van der Waals surface area contributed by atoms with Crippen molar-refractivity contribution in [3.05, 3.63) is 48.0 Å². The van der Waals surface area contributed by atoms with Crippen LogP contribution in [0.15, 0.2) is 36.4 Å². The van der Waals surface area contributed by atoms with E-state index < -0.39 is 17.7 Å². The van der Waals surface area contributed by atoms with Crippen molar-refractivity contribution in [2.75, 3.05) is 5.32 Å². The summed E-state index contributed by atoms with van der Waals surface area (Å²) < 4.78 is 28.2. The van der Waals surface area contributed by atoms with Crippen LogP contribution in [0.5, 0.6) is 0 Å².